The molecular weight excluding hydrogens is 412 g/mol. The fourth-order valence-corrected chi connectivity index (χ4v) is 2.76. The molecule has 32 heavy (non-hydrogen) atoms. The molecule has 0 atom stereocenters. The van der Waals surface area contributed by atoms with E-state index in [1.165, 1.54) is 20.4 Å². The summed E-state index contributed by atoms with van der Waals surface area (Å²) in [5.41, 5.74) is 3.84. The molecule has 3 aromatic rings. The Morgan fingerprint density at radius 2 is 1.50 bits per heavy atom. The normalized spacial score (nSPS) is 10.5. The molecule has 1 amide bonds. The molecule has 1 N–H and O–H groups in total. The summed E-state index contributed by atoms with van der Waals surface area (Å²) in [7, 11) is 4.56. The molecule has 0 aliphatic carbocycles. The molecule has 0 radical (unpaired) electrons. The van der Waals surface area contributed by atoms with Crippen molar-refractivity contribution in [3.05, 3.63) is 83.4 Å². The third-order valence-electron chi connectivity index (χ3n) is 4.42. The third-order valence-corrected chi connectivity index (χ3v) is 4.42. The van der Waals surface area contributed by atoms with Gasteiger partial charge in [-0.15, -0.1) is 0 Å². The highest BCUT2D eigenvalue weighted by Crippen LogP contribution is 2.27. The van der Waals surface area contributed by atoms with Crippen LogP contribution in [0.15, 0.2) is 71.8 Å². The Hall–Kier alpha value is -4.33. The molecular formula is C24H22N2O6. The van der Waals surface area contributed by atoms with Crippen molar-refractivity contribution >= 4 is 18.1 Å². The lowest BCUT2D eigenvalue weighted by Gasteiger charge is -2.08. The SMILES string of the molecule is COc1ccc(C(=O)Oc2cccc(/C=N\NC(=O)c3ccc(OC)c(OC)c3)c2)cc1. The lowest BCUT2D eigenvalue weighted by atomic mass is 10.2. The van der Waals surface area contributed by atoms with Crippen LogP contribution in [0.2, 0.25) is 0 Å². The molecule has 8 heteroatoms. The molecule has 0 aliphatic rings. The van der Waals surface area contributed by atoms with Crippen LogP contribution >= 0.6 is 0 Å². The molecule has 8 nitrogen and oxygen atoms in total. The number of esters is 1. The average Bonchev–Trinajstić information content (AvgIpc) is 2.83. The summed E-state index contributed by atoms with van der Waals surface area (Å²) < 4.78 is 20.8. The number of hydrazone groups is 1. The molecule has 0 saturated carbocycles. The van der Waals surface area contributed by atoms with Gasteiger partial charge in [-0.1, -0.05) is 12.1 Å². The molecule has 3 rings (SSSR count). The summed E-state index contributed by atoms with van der Waals surface area (Å²) in [5.74, 6) is 1.05. The van der Waals surface area contributed by atoms with Crippen LogP contribution < -0.4 is 24.4 Å². The molecule has 0 fully saturated rings. The van der Waals surface area contributed by atoms with Gasteiger partial charge in [0, 0.05) is 5.56 Å². The van der Waals surface area contributed by atoms with Crippen LogP contribution in [0, 0.1) is 0 Å². The highest BCUT2D eigenvalue weighted by molar-refractivity contribution is 5.95. The van der Waals surface area contributed by atoms with Crippen molar-refractivity contribution in [1.82, 2.24) is 5.43 Å². The van der Waals surface area contributed by atoms with E-state index in [1.807, 2.05) is 0 Å². The van der Waals surface area contributed by atoms with E-state index in [0.29, 0.717) is 39.7 Å². The van der Waals surface area contributed by atoms with Gasteiger partial charge in [0.1, 0.15) is 11.5 Å². The van der Waals surface area contributed by atoms with E-state index >= 15 is 0 Å². The summed E-state index contributed by atoms with van der Waals surface area (Å²) in [4.78, 5) is 24.6. The number of carbonyl (C=O) groups excluding carboxylic acids is 2. The van der Waals surface area contributed by atoms with Crippen molar-refractivity contribution in [2.45, 2.75) is 0 Å². The van der Waals surface area contributed by atoms with E-state index in [4.69, 9.17) is 18.9 Å². The number of amides is 1. The Labute approximate surface area is 185 Å². The van der Waals surface area contributed by atoms with E-state index in [1.54, 1.807) is 73.8 Å². The Bertz CT molecular complexity index is 1130. The quantitative estimate of drug-likeness (QED) is 0.251. The number of carbonyl (C=O) groups is 2. The van der Waals surface area contributed by atoms with Crippen LogP contribution in [0.4, 0.5) is 0 Å². The monoisotopic (exact) mass is 434 g/mol. The zero-order chi connectivity index (χ0) is 22.9. The number of hydrogen-bond donors (Lipinski definition) is 1. The number of ether oxygens (including phenoxy) is 4. The summed E-state index contributed by atoms with van der Waals surface area (Å²) >= 11 is 0. The van der Waals surface area contributed by atoms with Crippen LogP contribution in [-0.2, 0) is 0 Å². The summed E-state index contributed by atoms with van der Waals surface area (Å²) in [6.45, 7) is 0. The van der Waals surface area contributed by atoms with Crippen molar-refractivity contribution in [3.8, 4) is 23.0 Å². The maximum Gasteiger partial charge on any atom is 0.343 e. The van der Waals surface area contributed by atoms with Crippen molar-refractivity contribution in [2.24, 2.45) is 5.10 Å². The lowest BCUT2D eigenvalue weighted by molar-refractivity contribution is 0.0734. The van der Waals surface area contributed by atoms with Crippen LogP contribution in [0.3, 0.4) is 0 Å². The highest BCUT2D eigenvalue weighted by atomic mass is 16.5. The van der Waals surface area contributed by atoms with Gasteiger partial charge >= 0.3 is 5.97 Å². The first-order chi connectivity index (χ1) is 15.5. The van der Waals surface area contributed by atoms with Crippen LogP contribution in [0.1, 0.15) is 26.3 Å². The average molecular weight is 434 g/mol. The Morgan fingerprint density at radius 3 is 2.19 bits per heavy atom. The number of nitrogens with zero attached hydrogens (tertiary/aromatic N) is 1. The van der Waals surface area contributed by atoms with Crippen molar-refractivity contribution in [2.75, 3.05) is 21.3 Å². The second-order valence-corrected chi connectivity index (χ2v) is 6.46. The maximum atomic E-state index is 12.3. The molecule has 164 valence electrons. The maximum absolute atomic E-state index is 12.3. The zero-order valence-electron chi connectivity index (χ0n) is 17.8. The molecule has 0 spiro atoms. The largest absolute Gasteiger partial charge is 0.497 e. The first-order valence-electron chi connectivity index (χ1n) is 9.55. The first-order valence-corrected chi connectivity index (χ1v) is 9.55. The first kappa shape index (κ1) is 22.4. The second kappa shape index (κ2) is 10.6. The second-order valence-electron chi connectivity index (χ2n) is 6.46. The number of hydrogen-bond acceptors (Lipinski definition) is 7. The van der Waals surface area contributed by atoms with Gasteiger partial charge in [0.15, 0.2) is 11.5 Å². The summed E-state index contributed by atoms with van der Waals surface area (Å²) in [5, 5.41) is 3.96. The fraction of sp³-hybridized carbons (Fsp3) is 0.125. The van der Waals surface area contributed by atoms with Gasteiger partial charge in [0.2, 0.25) is 0 Å². The van der Waals surface area contributed by atoms with Gasteiger partial charge in [-0.05, 0) is 60.2 Å². The minimum Gasteiger partial charge on any atom is -0.497 e. The molecule has 0 aromatic heterocycles. The van der Waals surface area contributed by atoms with Gasteiger partial charge in [-0.25, -0.2) is 10.2 Å². The zero-order valence-corrected chi connectivity index (χ0v) is 17.8. The van der Waals surface area contributed by atoms with Crippen molar-refractivity contribution in [1.29, 1.82) is 0 Å². The van der Waals surface area contributed by atoms with E-state index in [2.05, 4.69) is 10.5 Å². The predicted molar refractivity (Wildman–Crippen MR) is 119 cm³/mol. The van der Waals surface area contributed by atoms with E-state index in [0.717, 1.165) is 0 Å². The topological polar surface area (TPSA) is 95.5 Å². The van der Waals surface area contributed by atoms with E-state index in [9.17, 15) is 9.59 Å². The predicted octanol–water partition coefficient (Wildman–Crippen LogP) is 3.70. The fourth-order valence-electron chi connectivity index (χ4n) is 2.76. The van der Waals surface area contributed by atoms with Gasteiger partial charge < -0.3 is 18.9 Å². The van der Waals surface area contributed by atoms with Gasteiger partial charge in [0.05, 0.1) is 33.1 Å². The van der Waals surface area contributed by atoms with Crippen molar-refractivity contribution in [3.63, 3.8) is 0 Å². The van der Waals surface area contributed by atoms with Gasteiger partial charge in [-0.2, -0.15) is 5.10 Å². The number of rotatable bonds is 8. The third kappa shape index (κ3) is 5.63. The Morgan fingerprint density at radius 1 is 0.781 bits per heavy atom. The minimum atomic E-state index is -0.497. The highest BCUT2D eigenvalue weighted by Gasteiger charge is 2.11. The summed E-state index contributed by atoms with van der Waals surface area (Å²) in [6.07, 6.45) is 1.45. The standard InChI is InChI=1S/C24H22N2O6/c1-29-19-10-7-17(8-11-19)24(28)32-20-6-4-5-16(13-20)15-25-26-23(27)18-9-12-21(30-2)22(14-18)31-3/h4-15H,1-3H3,(H,26,27)/b25-15-. The lowest BCUT2D eigenvalue weighted by Crippen LogP contribution is -2.17. The number of nitrogens with one attached hydrogen (secondary N) is 1. The minimum absolute atomic E-state index is 0.348. The molecule has 0 heterocycles. The molecule has 0 aliphatic heterocycles. The van der Waals surface area contributed by atoms with Gasteiger partial charge in [0.25, 0.3) is 5.91 Å². The van der Waals surface area contributed by atoms with Crippen LogP contribution in [0.25, 0.3) is 0 Å². The molecule has 3 aromatic carbocycles. The Kier molecular flexibility index (Phi) is 7.42. The number of benzene rings is 3. The van der Waals surface area contributed by atoms with Gasteiger partial charge in [-0.3, -0.25) is 4.79 Å². The summed E-state index contributed by atoms with van der Waals surface area (Å²) in [6, 6.07) is 18.2. The van der Waals surface area contributed by atoms with Crippen LogP contribution in [0.5, 0.6) is 23.0 Å². The van der Waals surface area contributed by atoms with Crippen LogP contribution in [-0.4, -0.2) is 39.4 Å². The Balaban J connectivity index is 1.62. The number of methoxy groups -OCH3 is 3. The smallest absolute Gasteiger partial charge is 0.343 e. The molecule has 0 bridgehead atoms. The van der Waals surface area contributed by atoms with E-state index in [-0.39, 0.29) is 0 Å². The molecule has 0 unspecified atom stereocenters. The van der Waals surface area contributed by atoms with E-state index < -0.39 is 11.9 Å². The molecule has 0 saturated heterocycles. The van der Waals surface area contributed by atoms with Crippen molar-refractivity contribution < 1.29 is 28.5 Å².